The van der Waals surface area contributed by atoms with Crippen LogP contribution in [-0.2, 0) is 11.3 Å². The number of carbonyl (C=O) groups is 1. The number of amides is 1. The molecule has 2 rings (SSSR count). The van der Waals surface area contributed by atoms with Crippen LogP contribution >= 0.6 is 0 Å². The average molecular weight is 246 g/mol. The largest absolute Gasteiger partial charge is 0.352 e. The quantitative estimate of drug-likeness (QED) is 0.678. The number of benzene rings is 1. The lowest BCUT2D eigenvalue weighted by atomic mass is 10.1. The van der Waals surface area contributed by atoms with Gasteiger partial charge in [-0.1, -0.05) is 24.3 Å². The molecule has 1 amide bonds. The molecule has 0 saturated heterocycles. The summed E-state index contributed by atoms with van der Waals surface area (Å²) in [6, 6.07) is 7.59. The SMILES string of the molecule is NCCC(=O)NCc1ccc(-c2nn[nH]n2)cc1. The molecule has 0 atom stereocenters. The highest BCUT2D eigenvalue weighted by Gasteiger charge is 2.03. The highest BCUT2D eigenvalue weighted by Crippen LogP contribution is 2.13. The predicted molar refractivity (Wildman–Crippen MR) is 65.1 cm³/mol. The molecule has 1 aromatic heterocycles. The Labute approximate surface area is 104 Å². The molecule has 94 valence electrons. The summed E-state index contributed by atoms with van der Waals surface area (Å²) in [4.78, 5) is 11.2. The van der Waals surface area contributed by atoms with Gasteiger partial charge in [0.05, 0.1) is 0 Å². The Morgan fingerprint density at radius 2 is 2.11 bits per heavy atom. The minimum Gasteiger partial charge on any atom is -0.352 e. The second kappa shape index (κ2) is 5.87. The zero-order valence-corrected chi connectivity index (χ0v) is 9.76. The van der Waals surface area contributed by atoms with Crippen LogP contribution in [0.4, 0.5) is 0 Å². The first-order valence-electron chi connectivity index (χ1n) is 5.59. The van der Waals surface area contributed by atoms with Crippen molar-refractivity contribution in [1.29, 1.82) is 0 Å². The number of carbonyl (C=O) groups excluding carboxylic acids is 1. The number of hydrogen-bond donors (Lipinski definition) is 3. The molecule has 0 fully saturated rings. The minimum absolute atomic E-state index is 0.0419. The van der Waals surface area contributed by atoms with Crippen LogP contribution in [0.2, 0.25) is 0 Å². The molecule has 7 heteroatoms. The lowest BCUT2D eigenvalue weighted by Crippen LogP contribution is -2.24. The van der Waals surface area contributed by atoms with Crippen LogP contribution in [-0.4, -0.2) is 33.1 Å². The summed E-state index contributed by atoms with van der Waals surface area (Å²) in [7, 11) is 0. The molecule has 0 aliphatic carbocycles. The number of hydrogen-bond acceptors (Lipinski definition) is 5. The summed E-state index contributed by atoms with van der Waals surface area (Å²) in [6.07, 6.45) is 0.348. The normalized spacial score (nSPS) is 10.3. The number of nitrogens with one attached hydrogen (secondary N) is 2. The first-order valence-corrected chi connectivity index (χ1v) is 5.59. The van der Waals surface area contributed by atoms with Gasteiger partial charge in [-0.25, -0.2) is 0 Å². The smallest absolute Gasteiger partial charge is 0.221 e. The van der Waals surface area contributed by atoms with E-state index in [1.807, 2.05) is 24.3 Å². The number of H-pyrrole nitrogens is 1. The molecule has 0 unspecified atom stereocenters. The van der Waals surface area contributed by atoms with Crippen LogP contribution < -0.4 is 11.1 Å². The summed E-state index contributed by atoms with van der Waals surface area (Å²) in [5.41, 5.74) is 7.17. The van der Waals surface area contributed by atoms with E-state index in [1.165, 1.54) is 0 Å². The van der Waals surface area contributed by atoms with Crippen LogP contribution in [0.1, 0.15) is 12.0 Å². The molecule has 0 spiro atoms. The molecule has 18 heavy (non-hydrogen) atoms. The maximum absolute atomic E-state index is 11.2. The Balaban J connectivity index is 1.94. The van der Waals surface area contributed by atoms with E-state index < -0.39 is 0 Å². The zero-order chi connectivity index (χ0) is 12.8. The summed E-state index contributed by atoms with van der Waals surface area (Å²) in [5.74, 6) is 0.508. The van der Waals surface area contributed by atoms with Gasteiger partial charge in [0.2, 0.25) is 11.7 Å². The second-order valence-corrected chi connectivity index (χ2v) is 3.75. The third-order valence-corrected chi connectivity index (χ3v) is 2.42. The molecule has 0 bridgehead atoms. The van der Waals surface area contributed by atoms with Crippen molar-refractivity contribution in [3.05, 3.63) is 29.8 Å². The van der Waals surface area contributed by atoms with Crippen LogP contribution in [0, 0.1) is 0 Å². The van der Waals surface area contributed by atoms with E-state index in [0.717, 1.165) is 11.1 Å². The van der Waals surface area contributed by atoms with E-state index in [0.29, 0.717) is 25.3 Å². The van der Waals surface area contributed by atoms with Gasteiger partial charge in [0.15, 0.2) is 0 Å². The van der Waals surface area contributed by atoms with Crippen molar-refractivity contribution in [3.63, 3.8) is 0 Å². The predicted octanol–water partition coefficient (Wildman–Crippen LogP) is -0.168. The summed E-state index contributed by atoms with van der Waals surface area (Å²) >= 11 is 0. The summed E-state index contributed by atoms with van der Waals surface area (Å²) in [6.45, 7) is 0.855. The third-order valence-electron chi connectivity index (χ3n) is 2.42. The third kappa shape index (κ3) is 3.11. The first-order chi connectivity index (χ1) is 8.79. The van der Waals surface area contributed by atoms with E-state index in [4.69, 9.17) is 5.73 Å². The maximum atomic E-state index is 11.2. The van der Waals surface area contributed by atoms with E-state index in [1.54, 1.807) is 0 Å². The molecule has 0 radical (unpaired) electrons. The van der Waals surface area contributed by atoms with E-state index >= 15 is 0 Å². The zero-order valence-electron chi connectivity index (χ0n) is 9.76. The van der Waals surface area contributed by atoms with Gasteiger partial charge in [0.1, 0.15) is 0 Å². The van der Waals surface area contributed by atoms with Gasteiger partial charge in [-0.05, 0) is 10.8 Å². The highest BCUT2D eigenvalue weighted by molar-refractivity contribution is 5.76. The molecule has 1 heterocycles. The Morgan fingerprint density at radius 3 is 2.72 bits per heavy atom. The molecule has 2 aromatic rings. The van der Waals surface area contributed by atoms with E-state index in [9.17, 15) is 4.79 Å². The number of rotatable bonds is 5. The average Bonchev–Trinajstić information content (AvgIpc) is 2.91. The van der Waals surface area contributed by atoms with Crippen LogP contribution in [0.5, 0.6) is 0 Å². The Bertz CT molecular complexity index is 493. The van der Waals surface area contributed by atoms with Gasteiger partial charge in [-0.2, -0.15) is 5.21 Å². The van der Waals surface area contributed by atoms with Crippen molar-refractivity contribution in [2.45, 2.75) is 13.0 Å². The van der Waals surface area contributed by atoms with Crippen molar-refractivity contribution in [1.82, 2.24) is 25.9 Å². The van der Waals surface area contributed by atoms with Crippen molar-refractivity contribution in [3.8, 4) is 11.4 Å². The van der Waals surface area contributed by atoms with Gasteiger partial charge in [0.25, 0.3) is 0 Å². The fraction of sp³-hybridized carbons (Fsp3) is 0.273. The van der Waals surface area contributed by atoms with Crippen molar-refractivity contribution >= 4 is 5.91 Å². The number of aromatic amines is 1. The maximum Gasteiger partial charge on any atom is 0.221 e. The Morgan fingerprint density at radius 1 is 1.33 bits per heavy atom. The fourth-order valence-electron chi connectivity index (χ4n) is 1.48. The molecule has 0 saturated carbocycles. The minimum atomic E-state index is -0.0419. The Kier molecular flexibility index (Phi) is 3.98. The Hall–Kier alpha value is -2.28. The number of aromatic nitrogens is 4. The number of nitrogens with zero attached hydrogens (tertiary/aromatic N) is 3. The van der Waals surface area contributed by atoms with E-state index in [2.05, 4.69) is 25.9 Å². The molecule has 1 aromatic carbocycles. The van der Waals surface area contributed by atoms with Crippen molar-refractivity contribution < 1.29 is 4.79 Å². The van der Waals surface area contributed by atoms with Gasteiger partial charge < -0.3 is 11.1 Å². The van der Waals surface area contributed by atoms with Crippen molar-refractivity contribution in [2.75, 3.05) is 6.54 Å². The van der Waals surface area contributed by atoms with Gasteiger partial charge >= 0.3 is 0 Å². The number of nitrogens with two attached hydrogens (primary N) is 1. The molecule has 0 aliphatic heterocycles. The topological polar surface area (TPSA) is 110 Å². The summed E-state index contributed by atoms with van der Waals surface area (Å²) < 4.78 is 0. The van der Waals surface area contributed by atoms with Gasteiger partial charge in [-0.15, -0.1) is 10.2 Å². The van der Waals surface area contributed by atoms with Gasteiger partial charge in [-0.3, -0.25) is 4.79 Å². The monoisotopic (exact) mass is 246 g/mol. The van der Waals surface area contributed by atoms with Crippen LogP contribution in [0.25, 0.3) is 11.4 Å². The molecular weight excluding hydrogens is 232 g/mol. The lowest BCUT2D eigenvalue weighted by molar-refractivity contribution is -0.121. The molecule has 0 aliphatic rings. The molecule has 4 N–H and O–H groups in total. The fourth-order valence-corrected chi connectivity index (χ4v) is 1.48. The number of tetrazole rings is 1. The van der Waals surface area contributed by atoms with Gasteiger partial charge in [0, 0.05) is 25.1 Å². The van der Waals surface area contributed by atoms with Crippen molar-refractivity contribution in [2.24, 2.45) is 5.73 Å². The summed E-state index contributed by atoms with van der Waals surface area (Å²) in [5, 5.41) is 16.4. The molecule has 7 nitrogen and oxygen atoms in total. The second-order valence-electron chi connectivity index (χ2n) is 3.75. The first kappa shape index (κ1) is 12.2. The van der Waals surface area contributed by atoms with Crippen LogP contribution in [0.15, 0.2) is 24.3 Å². The van der Waals surface area contributed by atoms with Crippen LogP contribution in [0.3, 0.4) is 0 Å². The highest BCUT2D eigenvalue weighted by atomic mass is 16.1. The molecular formula is C11H14N6O. The lowest BCUT2D eigenvalue weighted by Gasteiger charge is -2.04. The van der Waals surface area contributed by atoms with E-state index in [-0.39, 0.29) is 5.91 Å². The standard InChI is InChI=1S/C11H14N6O/c12-6-5-10(18)13-7-8-1-3-9(4-2-8)11-14-16-17-15-11/h1-4H,5-7,12H2,(H,13,18)(H,14,15,16,17).